The first-order valence-corrected chi connectivity index (χ1v) is 12.6. The van der Waals surface area contributed by atoms with Gasteiger partial charge in [0.1, 0.15) is 34.9 Å². The van der Waals surface area contributed by atoms with Crippen LogP contribution in [-0.4, -0.2) is 62.8 Å². The maximum atomic E-state index is 13.7. The SMILES string of the molecule is COC(=O)C(C)(C)NP(=O)(OCC1OC(n2ccc(N)nc2=O)[C@](C)(O)[C@@H]1O)Oc1ccc(Cl)cc1. The topological polar surface area (TPSA) is 184 Å². The lowest BCUT2D eigenvalue weighted by Gasteiger charge is -2.29. The first-order valence-electron chi connectivity index (χ1n) is 10.7. The van der Waals surface area contributed by atoms with Crippen LogP contribution >= 0.6 is 19.3 Å². The van der Waals surface area contributed by atoms with Crippen LogP contribution in [0, 0.1) is 0 Å². The van der Waals surface area contributed by atoms with Crippen LogP contribution in [0.25, 0.3) is 0 Å². The second-order valence-electron chi connectivity index (χ2n) is 8.81. The minimum atomic E-state index is -4.34. The molecule has 2 heterocycles. The molecular weight excluding hydrogens is 519 g/mol. The van der Waals surface area contributed by atoms with Crippen molar-refractivity contribution in [3.8, 4) is 5.75 Å². The summed E-state index contributed by atoms with van der Waals surface area (Å²) in [6.07, 6.45) is -2.95. The second-order valence-corrected chi connectivity index (χ2v) is 10.9. The third-order valence-corrected chi connectivity index (χ3v) is 7.44. The summed E-state index contributed by atoms with van der Waals surface area (Å²) in [6, 6.07) is 7.19. The highest BCUT2D eigenvalue weighted by molar-refractivity contribution is 7.52. The number of anilines is 1. The van der Waals surface area contributed by atoms with Crippen LogP contribution in [0.3, 0.4) is 0 Å². The smallest absolute Gasteiger partial charge is 0.459 e. The second kappa shape index (κ2) is 10.5. The molecule has 5 N–H and O–H groups in total. The summed E-state index contributed by atoms with van der Waals surface area (Å²) >= 11 is 5.89. The fourth-order valence-electron chi connectivity index (χ4n) is 3.51. The van der Waals surface area contributed by atoms with Gasteiger partial charge in [-0.1, -0.05) is 11.6 Å². The van der Waals surface area contributed by atoms with Gasteiger partial charge in [0.15, 0.2) is 6.23 Å². The number of rotatable bonds is 9. The van der Waals surface area contributed by atoms with Gasteiger partial charge in [-0.2, -0.15) is 10.1 Å². The van der Waals surface area contributed by atoms with E-state index < -0.39 is 55.6 Å². The van der Waals surface area contributed by atoms with Crippen molar-refractivity contribution < 1.29 is 38.1 Å². The van der Waals surface area contributed by atoms with E-state index in [0.29, 0.717) is 5.02 Å². The Hall–Kier alpha value is -2.51. The molecule has 1 aromatic heterocycles. The molecule has 5 atom stereocenters. The van der Waals surface area contributed by atoms with Gasteiger partial charge < -0.3 is 29.9 Å². The Morgan fingerprint density at radius 2 is 2.00 bits per heavy atom. The standard InChI is InChI=1S/C21H28ClN4O9P/c1-20(2,18(28)32-4)25-36(31,35-13-7-5-12(22)6-8-13)33-11-14-16(27)21(3,30)17(34-14)26-10-9-15(23)24-19(26)29/h5-10,14,16-17,27,30H,11H2,1-4H3,(H,25,31)(H2,23,24,29)/t14?,16-,17?,21-,36?/m1/s1. The molecule has 0 amide bonds. The summed E-state index contributed by atoms with van der Waals surface area (Å²) in [5, 5.41) is 24.5. The predicted molar refractivity (Wildman–Crippen MR) is 128 cm³/mol. The number of nitrogens with two attached hydrogens (primary N) is 1. The minimum Gasteiger partial charge on any atom is -0.468 e. The molecule has 198 valence electrons. The van der Waals surface area contributed by atoms with E-state index in [1.165, 1.54) is 57.3 Å². The molecule has 0 spiro atoms. The van der Waals surface area contributed by atoms with E-state index in [-0.39, 0.29) is 11.6 Å². The first kappa shape index (κ1) is 28.1. The van der Waals surface area contributed by atoms with Crippen molar-refractivity contribution in [2.75, 3.05) is 19.5 Å². The van der Waals surface area contributed by atoms with E-state index in [2.05, 4.69) is 10.1 Å². The molecule has 0 bridgehead atoms. The fraction of sp³-hybridized carbons (Fsp3) is 0.476. The molecule has 0 saturated carbocycles. The average Bonchev–Trinajstić information content (AvgIpc) is 3.02. The van der Waals surface area contributed by atoms with Crippen molar-refractivity contribution in [1.29, 1.82) is 0 Å². The summed E-state index contributed by atoms with van der Waals surface area (Å²) < 4.78 is 36.2. The van der Waals surface area contributed by atoms with Gasteiger partial charge in [0.05, 0.1) is 13.7 Å². The number of aliphatic hydroxyl groups excluding tert-OH is 1. The Morgan fingerprint density at radius 1 is 1.36 bits per heavy atom. The predicted octanol–water partition coefficient (Wildman–Crippen LogP) is 1.23. The summed E-state index contributed by atoms with van der Waals surface area (Å²) in [7, 11) is -3.17. The summed E-state index contributed by atoms with van der Waals surface area (Å²) in [6.45, 7) is 3.50. The lowest BCUT2D eigenvalue weighted by atomic mass is 9.96. The van der Waals surface area contributed by atoms with Crippen molar-refractivity contribution in [3.05, 3.63) is 52.0 Å². The summed E-state index contributed by atoms with van der Waals surface area (Å²) in [5.74, 6) is -0.677. The number of nitrogens with zero attached hydrogens (tertiary/aromatic N) is 2. The van der Waals surface area contributed by atoms with Gasteiger partial charge in [-0.3, -0.25) is 13.9 Å². The van der Waals surface area contributed by atoms with Crippen LogP contribution in [0.15, 0.2) is 41.3 Å². The number of halogens is 1. The number of hydrogen-bond donors (Lipinski definition) is 4. The molecule has 15 heteroatoms. The Bertz CT molecular complexity index is 1200. The largest absolute Gasteiger partial charge is 0.468 e. The number of carbonyl (C=O) groups excluding carboxylic acids is 1. The maximum absolute atomic E-state index is 13.7. The van der Waals surface area contributed by atoms with E-state index in [9.17, 15) is 24.4 Å². The van der Waals surface area contributed by atoms with Crippen LogP contribution < -0.4 is 21.0 Å². The molecule has 1 fully saturated rings. The Kier molecular flexibility index (Phi) is 8.16. The molecule has 1 aliphatic rings. The summed E-state index contributed by atoms with van der Waals surface area (Å²) in [4.78, 5) is 28.0. The Morgan fingerprint density at radius 3 is 2.58 bits per heavy atom. The number of hydrogen-bond acceptors (Lipinski definition) is 11. The molecule has 1 saturated heterocycles. The molecule has 13 nitrogen and oxygen atoms in total. The Labute approximate surface area is 211 Å². The van der Waals surface area contributed by atoms with Gasteiger partial charge in [0.2, 0.25) is 0 Å². The van der Waals surface area contributed by atoms with Gasteiger partial charge in [0, 0.05) is 11.2 Å². The zero-order valence-electron chi connectivity index (χ0n) is 20.0. The lowest BCUT2D eigenvalue weighted by Crippen LogP contribution is -2.47. The number of carbonyl (C=O) groups is 1. The van der Waals surface area contributed by atoms with Gasteiger partial charge in [0.25, 0.3) is 0 Å². The zero-order valence-corrected chi connectivity index (χ0v) is 21.6. The van der Waals surface area contributed by atoms with Crippen molar-refractivity contribution in [1.82, 2.24) is 14.6 Å². The normalized spacial score (nSPS) is 25.8. The molecule has 2 aromatic rings. The summed E-state index contributed by atoms with van der Waals surface area (Å²) in [5.41, 5.74) is 1.22. The lowest BCUT2D eigenvalue weighted by molar-refractivity contribution is -0.146. The van der Waals surface area contributed by atoms with Crippen LogP contribution in [-0.2, 0) is 23.4 Å². The highest BCUT2D eigenvalue weighted by atomic mass is 35.5. The number of esters is 1. The van der Waals surface area contributed by atoms with E-state index in [0.717, 1.165) is 11.7 Å². The maximum Gasteiger partial charge on any atom is 0.459 e. The minimum absolute atomic E-state index is 0.0334. The molecule has 0 aliphatic carbocycles. The van der Waals surface area contributed by atoms with Gasteiger partial charge in [-0.05, 0) is 51.1 Å². The molecule has 3 rings (SSSR count). The van der Waals surface area contributed by atoms with Crippen molar-refractivity contribution >= 4 is 31.1 Å². The number of nitrogens with one attached hydrogen (secondary N) is 1. The van der Waals surface area contributed by atoms with Crippen molar-refractivity contribution in [2.24, 2.45) is 0 Å². The molecule has 1 aliphatic heterocycles. The molecule has 36 heavy (non-hydrogen) atoms. The van der Waals surface area contributed by atoms with Gasteiger partial charge in [-0.15, -0.1) is 0 Å². The van der Waals surface area contributed by atoms with Crippen molar-refractivity contribution in [2.45, 2.75) is 50.3 Å². The monoisotopic (exact) mass is 546 g/mol. The van der Waals surface area contributed by atoms with E-state index in [4.69, 9.17) is 35.9 Å². The van der Waals surface area contributed by atoms with Crippen LogP contribution in [0.2, 0.25) is 5.02 Å². The van der Waals surface area contributed by atoms with Crippen molar-refractivity contribution in [3.63, 3.8) is 0 Å². The van der Waals surface area contributed by atoms with E-state index in [1.54, 1.807) is 0 Å². The number of methoxy groups -OCH3 is 1. The van der Waals surface area contributed by atoms with Crippen LogP contribution in [0.5, 0.6) is 5.75 Å². The number of ether oxygens (including phenoxy) is 2. The van der Waals surface area contributed by atoms with Crippen LogP contribution in [0.1, 0.15) is 27.0 Å². The number of aromatic nitrogens is 2. The van der Waals surface area contributed by atoms with E-state index >= 15 is 0 Å². The van der Waals surface area contributed by atoms with Gasteiger partial charge >= 0.3 is 19.4 Å². The van der Waals surface area contributed by atoms with Gasteiger partial charge in [-0.25, -0.2) is 9.36 Å². The fourth-order valence-corrected chi connectivity index (χ4v) is 5.32. The highest BCUT2D eigenvalue weighted by Crippen LogP contribution is 2.48. The first-order chi connectivity index (χ1) is 16.7. The van der Waals surface area contributed by atoms with Crippen LogP contribution in [0.4, 0.5) is 5.82 Å². The number of nitrogen functional groups attached to an aromatic ring is 1. The average molecular weight is 547 g/mol. The third-order valence-electron chi connectivity index (χ3n) is 5.42. The highest BCUT2D eigenvalue weighted by Gasteiger charge is 2.54. The quantitative estimate of drug-likeness (QED) is 0.261. The number of aliphatic hydroxyl groups is 2. The number of benzene rings is 1. The zero-order chi connectivity index (χ0) is 26.9. The van der Waals surface area contributed by atoms with E-state index in [1.807, 2.05) is 0 Å². The molecular formula is C21H28ClN4O9P. The third kappa shape index (κ3) is 6.06. The molecule has 1 aromatic carbocycles. The molecule has 3 unspecified atom stereocenters. The molecule has 0 radical (unpaired) electrons. The Balaban J connectivity index is 1.84.